The van der Waals surface area contributed by atoms with Gasteiger partial charge in [-0.2, -0.15) is 0 Å². The number of carbonyl (C=O) groups is 4. The zero-order chi connectivity index (χ0) is 36.0. The van der Waals surface area contributed by atoms with Gasteiger partial charge in [0.05, 0.1) is 49.1 Å². The van der Waals surface area contributed by atoms with Crippen LogP contribution in [-0.2, 0) is 28.9 Å². The number of esters is 1. The Bertz CT molecular complexity index is 1870. The molecule has 16 heteroatoms. The van der Waals surface area contributed by atoms with Crippen molar-refractivity contribution in [2.45, 2.75) is 37.2 Å². The van der Waals surface area contributed by atoms with E-state index in [2.05, 4.69) is 15.4 Å². The smallest absolute Gasteiger partial charge is 0.411 e. The van der Waals surface area contributed by atoms with Crippen molar-refractivity contribution >= 4 is 45.1 Å². The molecule has 0 unspecified atom stereocenters. The van der Waals surface area contributed by atoms with Crippen molar-refractivity contribution in [2.75, 3.05) is 43.8 Å². The van der Waals surface area contributed by atoms with Crippen LogP contribution in [0, 0.1) is 17.6 Å². The average molecular weight is 703 g/mol. The molecule has 3 aromatic rings. The second-order valence-electron chi connectivity index (χ2n) is 10.9. The summed E-state index contributed by atoms with van der Waals surface area (Å²) in [6, 6.07) is 7.95. The molecule has 1 heterocycles. The maximum absolute atomic E-state index is 15.2. The summed E-state index contributed by atoms with van der Waals surface area (Å²) in [4.78, 5) is 53.1. The number of halogens is 2. The zero-order valence-electron chi connectivity index (χ0n) is 27.1. The molecule has 49 heavy (non-hydrogen) atoms. The third-order valence-corrected chi connectivity index (χ3v) is 9.85. The number of sulfone groups is 1. The highest BCUT2D eigenvalue weighted by Crippen LogP contribution is 2.44. The van der Waals surface area contributed by atoms with Gasteiger partial charge < -0.3 is 30.2 Å². The van der Waals surface area contributed by atoms with Crippen molar-refractivity contribution in [3.05, 3.63) is 82.9 Å². The molecule has 0 spiro atoms. The number of ether oxygens (including phenoxy) is 3. The Morgan fingerprint density at radius 1 is 1.00 bits per heavy atom. The number of amides is 3. The Hall–Kier alpha value is -5.25. The van der Waals surface area contributed by atoms with Gasteiger partial charge in [-0.05, 0) is 73.0 Å². The number of methoxy groups -OCH3 is 2. The molecule has 0 radical (unpaired) electrons. The third kappa shape index (κ3) is 7.91. The number of carbonyl (C=O) groups excluding carboxylic acids is 4. The summed E-state index contributed by atoms with van der Waals surface area (Å²) in [5, 5.41) is 5.26. The number of nitrogens with zero attached hydrogens (tertiary/aromatic N) is 1. The van der Waals surface area contributed by atoms with Crippen LogP contribution in [0.2, 0.25) is 0 Å². The second kappa shape index (κ2) is 15.3. The number of rotatable bonds is 12. The molecule has 13 nitrogen and oxygen atoms in total. The van der Waals surface area contributed by atoms with Crippen LogP contribution in [0.3, 0.4) is 0 Å². The fourth-order valence-electron chi connectivity index (χ4n) is 5.64. The van der Waals surface area contributed by atoms with E-state index in [0.29, 0.717) is 0 Å². The van der Waals surface area contributed by atoms with Gasteiger partial charge in [-0.25, -0.2) is 22.0 Å². The van der Waals surface area contributed by atoms with E-state index >= 15 is 4.39 Å². The van der Waals surface area contributed by atoms with Crippen LogP contribution in [0.5, 0.6) is 5.75 Å². The molecule has 3 amide bonds. The number of hydrogen-bond acceptors (Lipinski definition) is 10. The first-order valence-corrected chi connectivity index (χ1v) is 16.8. The van der Waals surface area contributed by atoms with Gasteiger partial charge in [0.25, 0.3) is 0 Å². The quantitative estimate of drug-likeness (QED) is 0.230. The number of likely N-dealkylation sites (tertiary alicyclic amines) is 1. The summed E-state index contributed by atoms with van der Waals surface area (Å²) in [6.07, 6.45) is -0.811. The molecule has 3 atom stereocenters. The molecule has 1 aliphatic heterocycles. The minimum Gasteiger partial charge on any atom is -0.494 e. The number of benzene rings is 3. The number of nitrogens with one attached hydrogen (secondary N) is 2. The second-order valence-corrected chi connectivity index (χ2v) is 13.2. The van der Waals surface area contributed by atoms with E-state index in [1.807, 2.05) is 0 Å². The van der Waals surface area contributed by atoms with Gasteiger partial charge in [-0.1, -0.05) is 13.0 Å². The minimum atomic E-state index is -3.98. The fraction of sp³-hybridized carbons (Fsp3) is 0.333. The number of anilines is 2. The molecule has 0 aliphatic carbocycles. The standard InChI is InChI=1S/C33H36F2N4O9S/c1-5-48-32(42)21-13-14-39(29(21)22-17-20(37-33(43)47-4)9-12-27(22)49(44,45)6-2)31(41)28(18-7-11-24(35)26(16-18)46-3)38-25-15-19(30(36)40)8-10-23(25)34/h7-12,15-17,21,28-29,38H,5-6,13-14H2,1-4H3,(H2,36,40)(H,37,43)/t21-,28-,29+/m0/s1. The Balaban J connectivity index is 1.94. The van der Waals surface area contributed by atoms with Crippen molar-refractivity contribution in [1.29, 1.82) is 0 Å². The van der Waals surface area contributed by atoms with E-state index in [0.717, 1.165) is 31.4 Å². The van der Waals surface area contributed by atoms with Crippen LogP contribution < -0.4 is 21.1 Å². The van der Waals surface area contributed by atoms with Gasteiger partial charge in [0.15, 0.2) is 21.4 Å². The molecule has 1 fully saturated rings. The Morgan fingerprint density at radius 3 is 2.35 bits per heavy atom. The summed E-state index contributed by atoms with van der Waals surface area (Å²) in [7, 11) is -1.63. The summed E-state index contributed by atoms with van der Waals surface area (Å²) in [6.45, 7) is 2.93. The molecule has 262 valence electrons. The predicted octanol–water partition coefficient (Wildman–Crippen LogP) is 4.35. The van der Waals surface area contributed by atoms with Crippen LogP contribution >= 0.6 is 0 Å². The largest absolute Gasteiger partial charge is 0.494 e. The van der Waals surface area contributed by atoms with Gasteiger partial charge in [-0.3, -0.25) is 19.7 Å². The Labute approximate surface area is 281 Å². The maximum atomic E-state index is 15.2. The lowest BCUT2D eigenvalue weighted by Gasteiger charge is -2.33. The van der Waals surface area contributed by atoms with Crippen molar-refractivity contribution in [3.8, 4) is 5.75 Å². The molecular formula is C33H36F2N4O9S. The summed E-state index contributed by atoms with van der Waals surface area (Å²) >= 11 is 0. The predicted molar refractivity (Wildman–Crippen MR) is 174 cm³/mol. The van der Waals surface area contributed by atoms with Gasteiger partial charge in [0.1, 0.15) is 11.9 Å². The number of nitrogens with two attached hydrogens (primary N) is 1. The monoisotopic (exact) mass is 702 g/mol. The van der Waals surface area contributed by atoms with E-state index in [-0.39, 0.29) is 64.0 Å². The van der Waals surface area contributed by atoms with Gasteiger partial charge in [0.2, 0.25) is 11.8 Å². The fourth-order valence-corrected chi connectivity index (χ4v) is 6.76. The molecule has 4 rings (SSSR count). The number of primary amides is 1. The average Bonchev–Trinajstić information content (AvgIpc) is 3.53. The molecular weight excluding hydrogens is 666 g/mol. The highest BCUT2D eigenvalue weighted by atomic mass is 32.2. The highest BCUT2D eigenvalue weighted by Gasteiger charge is 2.46. The van der Waals surface area contributed by atoms with Crippen LogP contribution in [0.15, 0.2) is 59.5 Å². The summed E-state index contributed by atoms with van der Waals surface area (Å²) < 4.78 is 71.6. The minimum absolute atomic E-state index is 0.00487. The normalized spacial score (nSPS) is 16.4. The third-order valence-electron chi connectivity index (χ3n) is 8.05. The first-order chi connectivity index (χ1) is 23.3. The first-order valence-electron chi connectivity index (χ1n) is 15.1. The van der Waals surface area contributed by atoms with Gasteiger partial charge in [0, 0.05) is 17.8 Å². The van der Waals surface area contributed by atoms with E-state index in [1.165, 1.54) is 49.3 Å². The van der Waals surface area contributed by atoms with Crippen molar-refractivity contribution in [3.63, 3.8) is 0 Å². The van der Waals surface area contributed by atoms with E-state index in [9.17, 15) is 32.0 Å². The van der Waals surface area contributed by atoms with E-state index in [1.54, 1.807) is 6.92 Å². The van der Waals surface area contributed by atoms with E-state index in [4.69, 9.17) is 15.2 Å². The van der Waals surface area contributed by atoms with Crippen LogP contribution in [0.25, 0.3) is 0 Å². The van der Waals surface area contributed by atoms with Gasteiger partial charge >= 0.3 is 12.1 Å². The molecule has 0 saturated carbocycles. The molecule has 4 N–H and O–H groups in total. The van der Waals surface area contributed by atoms with Crippen LogP contribution in [0.1, 0.15) is 53.8 Å². The number of hydrogen-bond donors (Lipinski definition) is 3. The Morgan fingerprint density at radius 2 is 1.71 bits per heavy atom. The van der Waals surface area contributed by atoms with Gasteiger partial charge in [-0.15, -0.1) is 0 Å². The van der Waals surface area contributed by atoms with Crippen molar-refractivity contribution in [1.82, 2.24) is 4.90 Å². The molecule has 3 aromatic carbocycles. The lowest BCUT2D eigenvalue weighted by atomic mass is 9.92. The van der Waals surface area contributed by atoms with Crippen LogP contribution in [0.4, 0.5) is 25.0 Å². The first kappa shape index (κ1) is 36.6. The lowest BCUT2D eigenvalue weighted by Crippen LogP contribution is -2.40. The molecule has 0 aromatic heterocycles. The summed E-state index contributed by atoms with van der Waals surface area (Å²) in [5.41, 5.74) is 5.26. The van der Waals surface area contributed by atoms with Crippen molar-refractivity contribution < 1.29 is 50.6 Å². The SMILES string of the molecule is CCOC(=O)[C@H]1CCN(C(=O)[C@@H](Nc2cc(C(N)=O)ccc2F)c2ccc(F)c(OC)c2)[C@H]1c1cc(NC(=O)OC)ccc1S(=O)(=O)CC. The van der Waals surface area contributed by atoms with Crippen molar-refractivity contribution in [2.24, 2.45) is 11.7 Å². The molecule has 1 aliphatic rings. The van der Waals surface area contributed by atoms with Crippen LogP contribution in [-0.4, -0.2) is 70.3 Å². The molecule has 1 saturated heterocycles. The Kier molecular flexibility index (Phi) is 11.4. The topological polar surface area (TPSA) is 183 Å². The highest BCUT2D eigenvalue weighted by molar-refractivity contribution is 7.91. The van der Waals surface area contributed by atoms with E-state index < -0.39 is 63.4 Å². The maximum Gasteiger partial charge on any atom is 0.411 e. The summed E-state index contributed by atoms with van der Waals surface area (Å²) in [5.74, 6) is -5.57. The molecule has 0 bridgehead atoms. The zero-order valence-corrected chi connectivity index (χ0v) is 27.9. The lowest BCUT2D eigenvalue weighted by molar-refractivity contribution is -0.149.